The largest absolute Gasteiger partial charge is 0.389 e. The van der Waals surface area contributed by atoms with E-state index in [1.807, 2.05) is 0 Å². The van der Waals surface area contributed by atoms with E-state index in [0.717, 1.165) is 44.5 Å². The number of rotatable bonds is 6. The lowest BCUT2D eigenvalue weighted by atomic mass is 10.0. The van der Waals surface area contributed by atoms with Gasteiger partial charge in [-0.3, -0.25) is 4.90 Å². The summed E-state index contributed by atoms with van der Waals surface area (Å²) < 4.78 is 0. The predicted octanol–water partition coefficient (Wildman–Crippen LogP) is 2.83. The molecule has 1 heterocycles. The summed E-state index contributed by atoms with van der Waals surface area (Å²) in [4.78, 5) is 6.84. The van der Waals surface area contributed by atoms with Gasteiger partial charge in [0.2, 0.25) is 0 Å². The SMILES string of the molecule is CCCc1nc(CN(C)CC2(O)CCCC2)cs1. The second kappa shape index (κ2) is 6.13. The summed E-state index contributed by atoms with van der Waals surface area (Å²) in [5.41, 5.74) is 0.698. The first-order valence-corrected chi connectivity index (χ1v) is 7.83. The first kappa shape index (κ1) is 14.0. The van der Waals surface area contributed by atoms with Crippen molar-refractivity contribution in [2.24, 2.45) is 0 Å². The van der Waals surface area contributed by atoms with Crippen molar-refractivity contribution >= 4 is 11.3 Å². The molecule has 1 aromatic heterocycles. The minimum atomic E-state index is -0.447. The first-order valence-electron chi connectivity index (χ1n) is 6.95. The third-order valence-electron chi connectivity index (χ3n) is 3.59. The Morgan fingerprint density at radius 2 is 2.17 bits per heavy atom. The number of thiazole rings is 1. The lowest BCUT2D eigenvalue weighted by Gasteiger charge is -2.28. The van der Waals surface area contributed by atoms with Gasteiger partial charge in [0.25, 0.3) is 0 Å². The first-order chi connectivity index (χ1) is 8.61. The summed E-state index contributed by atoms with van der Waals surface area (Å²) in [6.45, 7) is 3.80. The van der Waals surface area contributed by atoms with Crippen LogP contribution in [0.1, 0.15) is 49.7 Å². The Hall–Kier alpha value is -0.450. The highest BCUT2D eigenvalue weighted by molar-refractivity contribution is 7.09. The molecular weight excluding hydrogens is 244 g/mol. The van der Waals surface area contributed by atoms with Crippen molar-refractivity contribution in [3.63, 3.8) is 0 Å². The van der Waals surface area contributed by atoms with Gasteiger partial charge in [-0.2, -0.15) is 0 Å². The van der Waals surface area contributed by atoms with Gasteiger partial charge in [-0.15, -0.1) is 11.3 Å². The van der Waals surface area contributed by atoms with E-state index in [2.05, 4.69) is 29.2 Å². The molecule has 0 spiro atoms. The number of aromatic nitrogens is 1. The summed E-state index contributed by atoms with van der Waals surface area (Å²) in [6.07, 6.45) is 6.48. The van der Waals surface area contributed by atoms with Gasteiger partial charge in [0.1, 0.15) is 0 Å². The molecule has 1 aromatic rings. The number of aryl methyl sites for hydroxylation is 1. The zero-order chi connectivity index (χ0) is 13.0. The molecule has 1 aliphatic rings. The Bertz CT molecular complexity index is 372. The lowest BCUT2D eigenvalue weighted by Crippen LogP contribution is -2.38. The quantitative estimate of drug-likeness (QED) is 0.862. The summed E-state index contributed by atoms with van der Waals surface area (Å²) in [5.74, 6) is 0. The van der Waals surface area contributed by atoms with Crippen molar-refractivity contribution in [1.82, 2.24) is 9.88 Å². The van der Waals surface area contributed by atoms with Gasteiger partial charge < -0.3 is 5.11 Å². The second-order valence-corrected chi connectivity index (χ2v) is 6.53. The van der Waals surface area contributed by atoms with Gasteiger partial charge in [-0.05, 0) is 32.7 Å². The number of hydrogen-bond acceptors (Lipinski definition) is 4. The van der Waals surface area contributed by atoms with Gasteiger partial charge in [-0.1, -0.05) is 19.8 Å². The molecule has 1 fully saturated rings. The predicted molar refractivity (Wildman–Crippen MR) is 75.9 cm³/mol. The second-order valence-electron chi connectivity index (χ2n) is 5.59. The van der Waals surface area contributed by atoms with E-state index < -0.39 is 5.60 Å². The zero-order valence-electron chi connectivity index (χ0n) is 11.5. The molecule has 2 rings (SSSR count). The molecule has 18 heavy (non-hydrogen) atoms. The molecule has 0 amide bonds. The minimum absolute atomic E-state index is 0.447. The van der Waals surface area contributed by atoms with E-state index in [4.69, 9.17) is 0 Å². The molecule has 0 radical (unpaired) electrons. The van der Waals surface area contributed by atoms with Crippen molar-refractivity contribution in [3.8, 4) is 0 Å². The number of likely N-dealkylation sites (N-methyl/N-ethyl adjacent to an activating group) is 1. The lowest BCUT2D eigenvalue weighted by molar-refractivity contribution is 0.0143. The molecular formula is C14H24N2OS. The molecule has 0 atom stereocenters. The van der Waals surface area contributed by atoms with Crippen LogP contribution >= 0.6 is 11.3 Å². The van der Waals surface area contributed by atoms with Crippen LogP contribution in [0.25, 0.3) is 0 Å². The van der Waals surface area contributed by atoms with Crippen LogP contribution in [0.4, 0.5) is 0 Å². The van der Waals surface area contributed by atoms with E-state index in [9.17, 15) is 5.11 Å². The van der Waals surface area contributed by atoms with E-state index in [0.29, 0.717) is 0 Å². The fourth-order valence-corrected chi connectivity index (χ4v) is 3.67. The van der Waals surface area contributed by atoms with Crippen LogP contribution in [-0.4, -0.2) is 34.2 Å². The minimum Gasteiger partial charge on any atom is -0.389 e. The Labute approximate surface area is 114 Å². The van der Waals surface area contributed by atoms with Crippen molar-refractivity contribution in [2.45, 2.75) is 57.6 Å². The van der Waals surface area contributed by atoms with Gasteiger partial charge in [-0.25, -0.2) is 4.98 Å². The Balaban J connectivity index is 1.84. The maximum absolute atomic E-state index is 10.4. The Morgan fingerprint density at radius 1 is 1.44 bits per heavy atom. The fraction of sp³-hybridized carbons (Fsp3) is 0.786. The maximum Gasteiger partial charge on any atom is 0.0928 e. The van der Waals surface area contributed by atoms with Crippen LogP contribution in [0, 0.1) is 0 Å². The van der Waals surface area contributed by atoms with Gasteiger partial charge >= 0.3 is 0 Å². The molecule has 0 bridgehead atoms. The van der Waals surface area contributed by atoms with Gasteiger partial charge in [0.05, 0.1) is 16.3 Å². The Kier molecular flexibility index (Phi) is 4.76. The van der Waals surface area contributed by atoms with E-state index in [-0.39, 0.29) is 0 Å². The fourth-order valence-electron chi connectivity index (χ4n) is 2.78. The van der Waals surface area contributed by atoms with Crippen molar-refractivity contribution in [2.75, 3.05) is 13.6 Å². The average Bonchev–Trinajstić information content (AvgIpc) is 2.89. The average molecular weight is 268 g/mol. The molecule has 1 N–H and O–H groups in total. The molecule has 0 unspecified atom stereocenters. The standard InChI is InChI=1S/C14H24N2OS/c1-3-6-13-15-12(10-18-13)9-16(2)11-14(17)7-4-5-8-14/h10,17H,3-9,11H2,1-2H3. The number of hydrogen-bond donors (Lipinski definition) is 1. The highest BCUT2D eigenvalue weighted by atomic mass is 32.1. The van der Waals surface area contributed by atoms with Crippen molar-refractivity contribution in [1.29, 1.82) is 0 Å². The molecule has 0 aromatic carbocycles. The molecule has 0 saturated heterocycles. The number of nitrogens with zero attached hydrogens (tertiary/aromatic N) is 2. The summed E-state index contributed by atoms with van der Waals surface area (Å²) in [5, 5.41) is 13.8. The molecule has 0 aliphatic heterocycles. The van der Waals surface area contributed by atoms with Crippen LogP contribution < -0.4 is 0 Å². The van der Waals surface area contributed by atoms with E-state index >= 15 is 0 Å². The van der Waals surface area contributed by atoms with Crippen molar-refractivity contribution in [3.05, 3.63) is 16.1 Å². The van der Waals surface area contributed by atoms with Gasteiger partial charge in [0.15, 0.2) is 0 Å². The third kappa shape index (κ3) is 3.77. The van der Waals surface area contributed by atoms with Crippen LogP contribution in [0.2, 0.25) is 0 Å². The number of aliphatic hydroxyl groups is 1. The maximum atomic E-state index is 10.4. The van der Waals surface area contributed by atoms with E-state index in [1.54, 1.807) is 11.3 Å². The van der Waals surface area contributed by atoms with Crippen LogP contribution in [0.15, 0.2) is 5.38 Å². The monoisotopic (exact) mass is 268 g/mol. The summed E-state index contributed by atoms with van der Waals surface area (Å²) in [7, 11) is 2.08. The summed E-state index contributed by atoms with van der Waals surface area (Å²) >= 11 is 1.76. The molecule has 1 saturated carbocycles. The molecule has 1 aliphatic carbocycles. The smallest absolute Gasteiger partial charge is 0.0928 e. The highest BCUT2D eigenvalue weighted by Crippen LogP contribution is 2.30. The topological polar surface area (TPSA) is 36.4 Å². The molecule has 4 heteroatoms. The van der Waals surface area contributed by atoms with Crippen LogP contribution in [0.5, 0.6) is 0 Å². The van der Waals surface area contributed by atoms with Crippen LogP contribution in [-0.2, 0) is 13.0 Å². The normalized spacial score (nSPS) is 18.7. The highest BCUT2D eigenvalue weighted by Gasteiger charge is 2.32. The van der Waals surface area contributed by atoms with E-state index in [1.165, 1.54) is 17.8 Å². The summed E-state index contributed by atoms with van der Waals surface area (Å²) in [6, 6.07) is 0. The van der Waals surface area contributed by atoms with Crippen LogP contribution in [0.3, 0.4) is 0 Å². The zero-order valence-corrected chi connectivity index (χ0v) is 12.3. The van der Waals surface area contributed by atoms with Crippen molar-refractivity contribution < 1.29 is 5.11 Å². The van der Waals surface area contributed by atoms with Gasteiger partial charge in [0, 0.05) is 18.5 Å². The molecule has 3 nitrogen and oxygen atoms in total. The third-order valence-corrected chi connectivity index (χ3v) is 4.55. The Morgan fingerprint density at radius 3 is 2.83 bits per heavy atom. The molecule has 102 valence electrons.